The fourth-order valence-electron chi connectivity index (χ4n) is 2.03. The number of carbonyl (C=O) groups excluding carboxylic acids is 1. The van der Waals surface area contributed by atoms with Crippen LogP contribution < -0.4 is 14.8 Å². The van der Waals surface area contributed by atoms with Crippen LogP contribution in [-0.2, 0) is 11.3 Å². The van der Waals surface area contributed by atoms with E-state index < -0.39 is 17.4 Å². The zero-order chi connectivity index (χ0) is 18.6. The molecule has 11 heteroatoms. The highest BCUT2D eigenvalue weighted by Gasteiger charge is 2.21. The highest BCUT2D eigenvalue weighted by atomic mass is 19.3. The van der Waals surface area contributed by atoms with E-state index in [1.807, 2.05) is 0 Å². The molecule has 0 radical (unpaired) electrons. The molecule has 0 unspecified atom stereocenters. The number of nitrogens with zero attached hydrogens (tertiary/aromatic N) is 3. The van der Waals surface area contributed by atoms with Gasteiger partial charge in [-0.25, -0.2) is 0 Å². The summed E-state index contributed by atoms with van der Waals surface area (Å²) in [6, 6.07) is 4.05. The number of rotatable bonds is 7. The van der Waals surface area contributed by atoms with Crippen molar-refractivity contribution in [1.29, 1.82) is 0 Å². The molecule has 1 amide bonds. The van der Waals surface area contributed by atoms with Crippen LogP contribution in [0.3, 0.4) is 0 Å². The van der Waals surface area contributed by atoms with Crippen LogP contribution in [0.15, 0.2) is 24.4 Å². The Labute approximate surface area is 140 Å². The molecule has 9 nitrogen and oxygen atoms in total. The van der Waals surface area contributed by atoms with Crippen LogP contribution in [0.25, 0.3) is 0 Å². The lowest BCUT2D eigenvalue weighted by molar-refractivity contribution is -0.385. The van der Waals surface area contributed by atoms with E-state index in [1.165, 1.54) is 25.3 Å². The zero-order valence-corrected chi connectivity index (χ0v) is 13.2. The summed E-state index contributed by atoms with van der Waals surface area (Å²) in [7, 11) is 1.23. The Morgan fingerprint density at radius 1 is 1.48 bits per heavy atom. The number of amides is 1. The fourth-order valence-corrected chi connectivity index (χ4v) is 2.03. The smallest absolute Gasteiger partial charge is 0.387 e. The average Bonchev–Trinajstić information content (AvgIpc) is 2.92. The summed E-state index contributed by atoms with van der Waals surface area (Å²) in [6.07, 6.45) is 1.07. The molecule has 1 N–H and O–H groups in total. The summed E-state index contributed by atoms with van der Waals surface area (Å²) in [5.41, 5.74) is 0.538. The number of carbonyl (C=O) groups is 1. The van der Waals surface area contributed by atoms with Gasteiger partial charge < -0.3 is 14.8 Å². The maximum Gasteiger partial charge on any atom is 0.387 e. The van der Waals surface area contributed by atoms with Gasteiger partial charge in [0.25, 0.3) is 0 Å². The van der Waals surface area contributed by atoms with Crippen molar-refractivity contribution in [2.24, 2.45) is 0 Å². The number of methoxy groups -OCH3 is 1. The number of nitrogens with one attached hydrogen (secondary N) is 1. The number of anilines is 1. The zero-order valence-electron chi connectivity index (χ0n) is 13.2. The largest absolute Gasteiger partial charge is 0.475 e. The highest BCUT2D eigenvalue weighted by molar-refractivity contribution is 5.91. The van der Waals surface area contributed by atoms with E-state index >= 15 is 0 Å². The fraction of sp³-hybridized carbons (Fsp3) is 0.286. The van der Waals surface area contributed by atoms with E-state index in [4.69, 9.17) is 4.74 Å². The molecule has 134 valence electrons. The second-order valence-corrected chi connectivity index (χ2v) is 4.88. The number of hydrogen-bond donors (Lipinski definition) is 1. The maximum absolute atomic E-state index is 12.2. The molecule has 1 aromatic carbocycles. The molecule has 2 aromatic rings. The molecule has 0 saturated carbocycles. The number of hydrogen-bond acceptors (Lipinski definition) is 6. The van der Waals surface area contributed by atoms with Gasteiger partial charge in [-0.3, -0.25) is 19.6 Å². The van der Waals surface area contributed by atoms with Crippen LogP contribution >= 0.6 is 0 Å². The summed E-state index contributed by atoms with van der Waals surface area (Å²) in [4.78, 5) is 22.2. The third-order valence-corrected chi connectivity index (χ3v) is 3.10. The monoisotopic (exact) mass is 356 g/mol. The lowest BCUT2D eigenvalue weighted by Crippen LogP contribution is -2.19. The maximum atomic E-state index is 12.2. The minimum Gasteiger partial charge on any atom is -0.475 e. The number of halogens is 2. The Balaban J connectivity index is 2.06. The van der Waals surface area contributed by atoms with E-state index in [2.05, 4.69) is 15.2 Å². The number of alkyl halides is 2. The number of benzene rings is 1. The minimum absolute atomic E-state index is 0.0297. The third-order valence-electron chi connectivity index (χ3n) is 3.10. The van der Waals surface area contributed by atoms with Gasteiger partial charge >= 0.3 is 18.2 Å². The summed E-state index contributed by atoms with van der Waals surface area (Å²) in [5, 5.41) is 17.2. The quantitative estimate of drug-likeness (QED) is 0.602. The van der Waals surface area contributed by atoms with Crippen LogP contribution in [0, 0.1) is 17.0 Å². The molecule has 2 rings (SSSR count). The van der Waals surface area contributed by atoms with Gasteiger partial charge in [-0.05, 0) is 30.7 Å². The van der Waals surface area contributed by atoms with E-state index in [1.54, 1.807) is 6.92 Å². The van der Waals surface area contributed by atoms with Crippen molar-refractivity contribution >= 4 is 17.3 Å². The Morgan fingerprint density at radius 2 is 2.20 bits per heavy atom. The second-order valence-electron chi connectivity index (χ2n) is 4.88. The van der Waals surface area contributed by atoms with Gasteiger partial charge in [0.1, 0.15) is 18.5 Å². The Morgan fingerprint density at radius 3 is 2.72 bits per heavy atom. The number of ether oxygens (including phenoxy) is 2. The first-order chi connectivity index (χ1) is 11.8. The van der Waals surface area contributed by atoms with Crippen molar-refractivity contribution in [2.45, 2.75) is 20.1 Å². The van der Waals surface area contributed by atoms with Gasteiger partial charge in [-0.1, -0.05) is 0 Å². The lowest BCUT2D eigenvalue weighted by Gasteiger charge is -2.11. The molecule has 0 saturated heterocycles. The topological polar surface area (TPSA) is 109 Å². The summed E-state index contributed by atoms with van der Waals surface area (Å²) < 4.78 is 34.4. The van der Waals surface area contributed by atoms with Gasteiger partial charge in [0.2, 0.25) is 5.91 Å². The van der Waals surface area contributed by atoms with E-state index in [9.17, 15) is 23.7 Å². The van der Waals surface area contributed by atoms with Crippen molar-refractivity contribution in [2.75, 3.05) is 12.4 Å². The third kappa shape index (κ3) is 4.62. The van der Waals surface area contributed by atoms with E-state index in [0.29, 0.717) is 11.3 Å². The van der Waals surface area contributed by atoms with Crippen LogP contribution in [-0.4, -0.2) is 34.3 Å². The second kappa shape index (κ2) is 7.55. The number of nitro groups is 1. The molecule has 0 fully saturated rings. The highest BCUT2D eigenvalue weighted by Crippen LogP contribution is 2.25. The van der Waals surface area contributed by atoms with Gasteiger partial charge in [0.15, 0.2) is 0 Å². The SMILES string of the molecule is COc1nn(CC(=O)Nc2ccc(OC(F)F)cc2C)cc1[N+](=O)[O-]. The molecule has 1 heterocycles. The predicted molar refractivity (Wildman–Crippen MR) is 81.9 cm³/mol. The molecule has 25 heavy (non-hydrogen) atoms. The Hall–Kier alpha value is -3.24. The van der Waals surface area contributed by atoms with Crippen molar-refractivity contribution in [1.82, 2.24) is 9.78 Å². The average molecular weight is 356 g/mol. The van der Waals surface area contributed by atoms with Crippen molar-refractivity contribution in [3.8, 4) is 11.6 Å². The summed E-state index contributed by atoms with van der Waals surface area (Å²) >= 11 is 0. The molecule has 0 aliphatic rings. The normalized spacial score (nSPS) is 10.6. The first-order valence-corrected chi connectivity index (χ1v) is 6.91. The van der Waals surface area contributed by atoms with Gasteiger partial charge in [-0.2, -0.15) is 8.78 Å². The molecule has 0 atom stereocenters. The van der Waals surface area contributed by atoms with Crippen LogP contribution in [0.4, 0.5) is 20.2 Å². The molecule has 1 aromatic heterocycles. The van der Waals surface area contributed by atoms with Crippen molar-refractivity contribution < 1.29 is 28.0 Å². The summed E-state index contributed by atoms with van der Waals surface area (Å²) in [6.45, 7) is -1.63. The van der Waals surface area contributed by atoms with Crippen LogP contribution in [0.1, 0.15) is 5.56 Å². The van der Waals surface area contributed by atoms with Gasteiger partial charge in [-0.15, -0.1) is 5.10 Å². The predicted octanol–water partition coefficient (Wildman–Crippen LogP) is 2.35. The molecule has 0 aliphatic carbocycles. The molecule has 0 aliphatic heterocycles. The number of aromatic nitrogens is 2. The molecule has 0 spiro atoms. The van der Waals surface area contributed by atoms with Crippen LogP contribution in [0.2, 0.25) is 0 Å². The van der Waals surface area contributed by atoms with Crippen molar-refractivity contribution in [3.05, 3.63) is 40.1 Å². The Bertz CT molecular complexity index is 794. The first kappa shape index (κ1) is 18.1. The van der Waals surface area contributed by atoms with Crippen LogP contribution in [0.5, 0.6) is 11.6 Å². The Kier molecular flexibility index (Phi) is 5.47. The first-order valence-electron chi connectivity index (χ1n) is 6.91. The summed E-state index contributed by atoms with van der Waals surface area (Å²) in [5.74, 6) is -0.744. The lowest BCUT2D eigenvalue weighted by atomic mass is 10.2. The molecule has 0 bridgehead atoms. The van der Waals surface area contributed by atoms with Crippen molar-refractivity contribution in [3.63, 3.8) is 0 Å². The number of aryl methyl sites for hydroxylation is 1. The van der Waals surface area contributed by atoms with E-state index in [0.717, 1.165) is 10.9 Å². The molecular formula is C14H14F2N4O5. The standard InChI is InChI=1S/C14H14F2N4O5/c1-8-5-9(25-14(15)16)3-4-10(8)17-12(21)7-19-6-11(20(22)23)13(18-19)24-2/h3-6,14H,7H2,1-2H3,(H,17,21). The van der Waals surface area contributed by atoms with Gasteiger partial charge in [0, 0.05) is 5.69 Å². The van der Waals surface area contributed by atoms with Gasteiger partial charge in [0.05, 0.1) is 12.0 Å². The minimum atomic E-state index is -2.94. The van der Waals surface area contributed by atoms with E-state index in [-0.39, 0.29) is 23.9 Å². The molecular weight excluding hydrogens is 342 g/mol.